The van der Waals surface area contributed by atoms with E-state index in [-0.39, 0.29) is 36.0 Å². The van der Waals surface area contributed by atoms with Gasteiger partial charge in [-0.15, -0.1) is 0 Å². The number of nitrogens with zero attached hydrogens (tertiary/aromatic N) is 5. The molecule has 4 N–H and O–H groups in total. The summed E-state index contributed by atoms with van der Waals surface area (Å²) in [7, 11) is 9.95. The van der Waals surface area contributed by atoms with Crippen molar-refractivity contribution in [2.75, 3.05) is 104 Å². The maximum Gasteiger partial charge on any atom is 0.253 e. The summed E-state index contributed by atoms with van der Waals surface area (Å²) in [4.78, 5) is 70.6. The van der Waals surface area contributed by atoms with Gasteiger partial charge in [0, 0.05) is 122 Å². The number of carbonyl (C=O) groups excluding carboxylic acids is 2. The summed E-state index contributed by atoms with van der Waals surface area (Å²) in [5.74, 6) is 7.21. The SMILES string of the molecule is CCN(c1cc(-c2ccc(OCCOC)cc2)cc(C(=O)NCc2c(C)cc(C)[nH]c2=O)c1C)C1CCC(N(C)C)CC1.CCN(c1cc(C#CCN2CCCCC2)cc(C(=O)NCc2c(C)cc(C)[nH]c2=O)c1C)C1CCC(N(C)CCOC)CC1. The standard InChI is InChI=1S/C36H53N5O3.C35H48N4O4/c1-7-41(31-15-13-30(14-16-31)39(5)20-21-44-6)34-24-29(12-11-19-40-17-9-8-10-18-40)23-32(28(34)4)35(42)37-25-33-26(2)22-27(3)38-36(33)43;1-8-39(29-13-11-28(12-14-29)38(5)6)33-21-27(26-9-15-30(16-10-26)43-18-17-42-7)20-31(25(33)4)34(40)36-22-32-23(2)19-24(3)37-35(32)41/h22-24,30-31H,7-10,13-21,25H2,1-6H3,(H,37,42)(H,38,43);9-10,15-16,19-21,28-29H,8,11-14,17-18,22H2,1-7H3,(H,36,40)(H,37,41). The van der Waals surface area contributed by atoms with Gasteiger partial charge in [-0.2, -0.15) is 0 Å². The number of hydrogen-bond donors (Lipinski definition) is 4. The first kappa shape index (κ1) is 67.8. The second kappa shape index (κ2) is 33.0. The largest absolute Gasteiger partial charge is 0.491 e. The number of rotatable bonds is 23. The van der Waals surface area contributed by atoms with Crippen LogP contribution in [0.5, 0.6) is 5.75 Å². The van der Waals surface area contributed by atoms with E-state index in [9.17, 15) is 19.2 Å². The second-order valence-electron chi connectivity index (χ2n) is 24.5. The molecule has 0 spiro atoms. The van der Waals surface area contributed by atoms with Crippen LogP contribution in [-0.2, 0) is 22.6 Å². The van der Waals surface area contributed by atoms with E-state index < -0.39 is 0 Å². The molecule has 16 heteroatoms. The number of amides is 2. The number of carbonyl (C=O) groups is 2. The van der Waals surface area contributed by atoms with Crippen molar-refractivity contribution in [3.8, 4) is 28.7 Å². The monoisotopic (exact) mass is 1190 g/mol. The third-order valence-corrected chi connectivity index (χ3v) is 18.3. The Morgan fingerprint density at radius 3 is 1.59 bits per heavy atom. The summed E-state index contributed by atoms with van der Waals surface area (Å²) in [6.07, 6.45) is 12.8. The van der Waals surface area contributed by atoms with Crippen LogP contribution in [0.3, 0.4) is 0 Å². The van der Waals surface area contributed by atoms with Gasteiger partial charge < -0.3 is 54.4 Å². The zero-order valence-electron chi connectivity index (χ0n) is 54.7. The molecule has 0 unspecified atom stereocenters. The highest BCUT2D eigenvalue weighted by Crippen LogP contribution is 2.37. The highest BCUT2D eigenvalue weighted by Gasteiger charge is 2.31. The van der Waals surface area contributed by atoms with Gasteiger partial charge in [-0.3, -0.25) is 24.1 Å². The molecule has 0 bridgehead atoms. The van der Waals surface area contributed by atoms with Crippen LogP contribution in [0.15, 0.2) is 70.3 Å². The lowest BCUT2D eigenvalue weighted by molar-refractivity contribution is 0.0942. The Kier molecular flexibility index (Phi) is 25.7. The number of likely N-dealkylation sites (N-methyl/N-ethyl adjacent to an activating group) is 1. The molecule has 3 aromatic carbocycles. The Labute approximate surface area is 519 Å². The van der Waals surface area contributed by atoms with E-state index in [1.807, 2.05) is 90.1 Å². The third-order valence-electron chi connectivity index (χ3n) is 18.3. The number of nitrogens with one attached hydrogen (secondary N) is 4. The average molecular weight is 1190 g/mol. The molecule has 16 nitrogen and oxygen atoms in total. The molecule has 3 aliphatic rings. The zero-order chi connectivity index (χ0) is 62.7. The molecule has 87 heavy (non-hydrogen) atoms. The van der Waals surface area contributed by atoms with E-state index in [1.165, 1.54) is 19.3 Å². The number of H-pyrrole nitrogens is 2. The number of aromatic amines is 2. The number of piperidine rings is 1. The molecule has 0 atom stereocenters. The van der Waals surface area contributed by atoms with Crippen LogP contribution >= 0.6 is 0 Å². The van der Waals surface area contributed by atoms with Gasteiger partial charge in [-0.05, 0) is 236 Å². The Balaban J connectivity index is 0.000000249. The molecule has 0 radical (unpaired) electrons. The van der Waals surface area contributed by atoms with E-state index in [0.29, 0.717) is 59.6 Å². The second-order valence-corrected chi connectivity index (χ2v) is 24.5. The third kappa shape index (κ3) is 18.4. The quantitative estimate of drug-likeness (QED) is 0.0362. The van der Waals surface area contributed by atoms with Gasteiger partial charge in [0.1, 0.15) is 12.4 Å². The van der Waals surface area contributed by atoms with Crippen molar-refractivity contribution in [2.45, 2.75) is 163 Å². The molecule has 3 heterocycles. The van der Waals surface area contributed by atoms with Crippen molar-refractivity contribution in [1.82, 2.24) is 35.3 Å². The normalized spacial score (nSPS) is 17.9. The van der Waals surface area contributed by atoms with Crippen LogP contribution in [0.4, 0.5) is 11.4 Å². The van der Waals surface area contributed by atoms with E-state index in [1.54, 1.807) is 14.2 Å². The first-order valence-electron chi connectivity index (χ1n) is 31.9. The molecule has 1 saturated heterocycles. The molecule has 3 fully saturated rings. The number of likely N-dealkylation sites (tertiary alicyclic amines) is 1. The predicted molar refractivity (Wildman–Crippen MR) is 354 cm³/mol. The van der Waals surface area contributed by atoms with Crippen LogP contribution in [0, 0.1) is 53.4 Å². The van der Waals surface area contributed by atoms with Crippen molar-refractivity contribution < 1.29 is 23.8 Å². The van der Waals surface area contributed by atoms with E-state index in [0.717, 1.165) is 165 Å². The minimum Gasteiger partial charge on any atom is -0.491 e. The van der Waals surface area contributed by atoms with Crippen LogP contribution in [0.1, 0.15) is 156 Å². The molecule has 8 rings (SSSR count). The molecule has 2 aromatic heterocycles. The lowest BCUT2D eigenvalue weighted by atomic mass is 9.88. The van der Waals surface area contributed by atoms with Crippen molar-refractivity contribution in [2.24, 2.45) is 0 Å². The van der Waals surface area contributed by atoms with Gasteiger partial charge in [0.25, 0.3) is 22.9 Å². The Hall–Kier alpha value is -6.74. The van der Waals surface area contributed by atoms with Gasteiger partial charge in [0.05, 0.1) is 19.8 Å². The summed E-state index contributed by atoms with van der Waals surface area (Å²) in [5, 5.41) is 6.08. The highest BCUT2D eigenvalue weighted by atomic mass is 16.5. The van der Waals surface area contributed by atoms with Crippen molar-refractivity contribution in [3.63, 3.8) is 0 Å². The first-order chi connectivity index (χ1) is 41.8. The molecule has 2 amide bonds. The maximum atomic E-state index is 13.8. The molecular weight excluding hydrogens is 1090 g/mol. The van der Waals surface area contributed by atoms with Crippen molar-refractivity contribution >= 4 is 23.2 Å². The fourth-order valence-electron chi connectivity index (χ4n) is 13.2. The number of pyridine rings is 2. The van der Waals surface area contributed by atoms with E-state index in [2.05, 4.69) is 104 Å². The highest BCUT2D eigenvalue weighted by molar-refractivity contribution is 5.99. The Bertz CT molecular complexity index is 3250. The molecule has 1 aliphatic heterocycles. The van der Waals surface area contributed by atoms with Gasteiger partial charge in [0.15, 0.2) is 0 Å². The fourth-order valence-corrected chi connectivity index (χ4v) is 13.2. The summed E-state index contributed by atoms with van der Waals surface area (Å²) in [6.45, 7) is 23.8. The lowest BCUT2D eigenvalue weighted by Crippen LogP contribution is -2.44. The minimum atomic E-state index is -0.188. The zero-order valence-corrected chi connectivity index (χ0v) is 54.7. The first-order valence-corrected chi connectivity index (χ1v) is 31.9. The smallest absolute Gasteiger partial charge is 0.253 e. The van der Waals surface area contributed by atoms with Crippen LogP contribution in [-0.4, -0.2) is 155 Å². The number of aryl methyl sites for hydroxylation is 4. The Morgan fingerprint density at radius 2 is 1.09 bits per heavy atom. The van der Waals surface area contributed by atoms with Crippen LogP contribution in [0.2, 0.25) is 0 Å². The number of ether oxygens (including phenoxy) is 3. The van der Waals surface area contributed by atoms with E-state index in [4.69, 9.17) is 14.2 Å². The number of aromatic nitrogens is 2. The summed E-state index contributed by atoms with van der Waals surface area (Å²) < 4.78 is 16.2. The molecular formula is C71H101N9O7. The minimum absolute atomic E-state index is 0.154. The van der Waals surface area contributed by atoms with Gasteiger partial charge in [0.2, 0.25) is 0 Å². The maximum absolute atomic E-state index is 13.8. The molecule has 472 valence electrons. The van der Waals surface area contributed by atoms with Gasteiger partial charge >= 0.3 is 0 Å². The number of hydrogen-bond acceptors (Lipinski definition) is 12. The summed E-state index contributed by atoms with van der Waals surface area (Å²) in [6, 6.07) is 22.2. The Morgan fingerprint density at radius 1 is 0.598 bits per heavy atom. The average Bonchev–Trinajstić information content (AvgIpc) is 3.70. The van der Waals surface area contributed by atoms with Crippen molar-refractivity contribution in [3.05, 3.63) is 143 Å². The lowest BCUT2D eigenvalue weighted by Gasteiger charge is -2.41. The number of methoxy groups -OCH3 is 2. The number of anilines is 2. The molecule has 2 saturated carbocycles. The fraction of sp³-hybridized carbons (Fsp3) is 0.549. The summed E-state index contributed by atoms with van der Waals surface area (Å²) >= 11 is 0. The topological polar surface area (TPSA) is 168 Å². The predicted octanol–water partition coefficient (Wildman–Crippen LogP) is 10.4. The van der Waals surface area contributed by atoms with E-state index >= 15 is 0 Å². The van der Waals surface area contributed by atoms with Gasteiger partial charge in [-0.25, -0.2) is 0 Å². The van der Waals surface area contributed by atoms with Crippen LogP contribution < -0.4 is 36.3 Å². The van der Waals surface area contributed by atoms with Crippen LogP contribution in [0.25, 0.3) is 11.1 Å². The summed E-state index contributed by atoms with van der Waals surface area (Å²) in [5.41, 5.74) is 12.4. The number of benzene rings is 3. The van der Waals surface area contributed by atoms with Crippen molar-refractivity contribution in [1.29, 1.82) is 0 Å². The van der Waals surface area contributed by atoms with Gasteiger partial charge in [-0.1, -0.05) is 30.4 Å². The molecule has 5 aromatic rings. The molecule has 2 aliphatic carbocycles.